The summed E-state index contributed by atoms with van der Waals surface area (Å²) in [6.45, 7) is 2.82. The van der Waals surface area contributed by atoms with E-state index in [1.807, 2.05) is 24.3 Å². The molecule has 3 N–H and O–H groups in total. The molecule has 2 aromatic carbocycles. The van der Waals surface area contributed by atoms with Gasteiger partial charge in [0.15, 0.2) is 0 Å². The van der Waals surface area contributed by atoms with E-state index in [0.717, 1.165) is 37.5 Å². The van der Waals surface area contributed by atoms with Crippen LogP contribution in [0.2, 0.25) is 10.0 Å². The number of ether oxygens (including phenoxy) is 1. The predicted molar refractivity (Wildman–Crippen MR) is 111 cm³/mol. The molecular weight excluding hydrogens is 399 g/mol. The first-order chi connectivity index (χ1) is 13.4. The van der Waals surface area contributed by atoms with E-state index in [9.17, 15) is 9.90 Å². The Kier molecular flexibility index (Phi) is 7.18. The van der Waals surface area contributed by atoms with Crippen molar-refractivity contribution < 1.29 is 14.6 Å². The molecule has 1 fully saturated rings. The van der Waals surface area contributed by atoms with Crippen LogP contribution in [0.3, 0.4) is 0 Å². The molecule has 0 aromatic heterocycles. The number of hydrogen-bond acceptors (Lipinski definition) is 4. The second kappa shape index (κ2) is 9.61. The maximum atomic E-state index is 11.5. The number of amides is 1. The largest absolute Gasteiger partial charge is 0.490 e. The zero-order valence-electron chi connectivity index (χ0n) is 15.5. The van der Waals surface area contributed by atoms with Crippen LogP contribution < -0.4 is 10.5 Å². The molecule has 1 heterocycles. The Morgan fingerprint density at radius 2 is 1.79 bits per heavy atom. The predicted octanol–water partition coefficient (Wildman–Crippen LogP) is 3.74. The number of nitrogens with zero attached hydrogens (tertiary/aromatic N) is 1. The van der Waals surface area contributed by atoms with E-state index in [2.05, 4.69) is 4.90 Å². The number of hydrogen-bond donors (Lipinski definition) is 2. The average molecular weight is 423 g/mol. The number of nitrogens with two attached hydrogens (primary N) is 1. The highest BCUT2D eigenvalue weighted by molar-refractivity contribution is 6.31. The standard InChI is InChI=1S/C21H24Cl2N2O3/c22-16-3-1-14(2-4-16)12-25-9-7-15(8-10-25)19(26)13-28-20-6-5-17(23)11-18(20)21(24)27/h1-6,11,15,19,26H,7-10,12-13H2,(H2,24,27). The quantitative estimate of drug-likeness (QED) is 0.712. The number of rotatable bonds is 7. The first-order valence-electron chi connectivity index (χ1n) is 9.29. The first-order valence-corrected chi connectivity index (χ1v) is 10.0. The molecule has 0 saturated carbocycles. The molecule has 2 aromatic rings. The van der Waals surface area contributed by atoms with E-state index in [1.165, 1.54) is 11.6 Å². The molecule has 5 nitrogen and oxygen atoms in total. The van der Waals surface area contributed by atoms with E-state index in [1.54, 1.807) is 12.1 Å². The highest BCUT2D eigenvalue weighted by Crippen LogP contribution is 2.26. The highest BCUT2D eigenvalue weighted by atomic mass is 35.5. The molecule has 28 heavy (non-hydrogen) atoms. The van der Waals surface area contributed by atoms with Crippen LogP contribution in [0.15, 0.2) is 42.5 Å². The van der Waals surface area contributed by atoms with Gasteiger partial charge >= 0.3 is 0 Å². The Labute approximate surface area is 175 Å². The molecule has 3 rings (SSSR count). The summed E-state index contributed by atoms with van der Waals surface area (Å²) >= 11 is 11.8. The SMILES string of the molecule is NC(=O)c1cc(Cl)ccc1OCC(O)C1CCN(Cc2ccc(Cl)cc2)CC1. The fourth-order valence-electron chi connectivity index (χ4n) is 3.48. The number of benzene rings is 2. The average Bonchev–Trinajstić information content (AvgIpc) is 2.69. The molecule has 0 aliphatic carbocycles. The zero-order valence-corrected chi connectivity index (χ0v) is 17.0. The lowest BCUT2D eigenvalue weighted by molar-refractivity contribution is 0.0242. The molecule has 150 valence electrons. The number of halogens is 2. The summed E-state index contributed by atoms with van der Waals surface area (Å²) in [7, 11) is 0. The summed E-state index contributed by atoms with van der Waals surface area (Å²) in [5, 5.41) is 11.7. The Morgan fingerprint density at radius 1 is 1.14 bits per heavy atom. The van der Waals surface area contributed by atoms with Crippen LogP contribution in [0.25, 0.3) is 0 Å². The van der Waals surface area contributed by atoms with Gasteiger partial charge in [0, 0.05) is 16.6 Å². The van der Waals surface area contributed by atoms with Crippen LogP contribution in [-0.4, -0.2) is 41.7 Å². The number of aliphatic hydroxyl groups excluding tert-OH is 1. The molecule has 1 unspecified atom stereocenters. The van der Waals surface area contributed by atoms with Crippen molar-refractivity contribution in [1.82, 2.24) is 4.90 Å². The fraction of sp³-hybridized carbons (Fsp3) is 0.381. The van der Waals surface area contributed by atoms with Crippen molar-refractivity contribution in [2.75, 3.05) is 19.7 Å². The van der Waals surface area contributed by atoms with Gasteiger partial charge in [-0.15, -0.1) is 0 Å². The molecule has 1 atom stereocenters. The topological polar surface area (TPSA) is 75.8 Å². The summed E-state index contributed by atoms with van der Waals surface area (Å²) in [6, 6.07) is 12.6. The Morgan fingerprint density at radius 3 is 2.43 bits per heavy atom. The molecule has 0 radical (unpaired) electrons. The zero-order chi connectivity index (χ0) is 20.1. The van der Waals surface area contributed by atoms with E-state index in [0.29, 0.717) is 10.8 Å². The van der Waals surface area contributed by atoms with Crippen LogP contribution in [0.4, 0.5) is 0 Å². The lowest BCUT2D eigenvalue weighted by Gasteiger charge is -2.34. The Bertz CT molecular complexity index is 806. The molecule has 1 amide bonds. The molecule has 0 bridgehead atoms. The van der Waals surface area contributed by atoms with Gasteiger partial charge in [0.2, 0.25) is 0 Å². The molecule has 1 aliphatic rings. The third-order valence-corrected chi connectivity index (χ3v) is 5.60. The summed E-state index contributed by atoms with van der Waals surface area (Å²) in [5.41, 5.74) is 6.82. The minimum Gasteiger partial charge on any atom is -0.490 e. The monoisotopic (exact) mass is 422 g/mol. The van der Waals surface area contributed by atoms with Crippen molar-refractivity contribution in [3.8, 4) is 5.75 Å². The lowest BCUT2D eigenvalue weighted by Crippen LogP contribution is -2.39. The first kappa shape index (κ1) is 20.9. The van der Waals surface area contributed by atoms with Gasteiger partial charge in [-0.3, -0.25) is 9.69 Å². The summed E-state index contributed by atoms with van der Waals surface area (Å²) in [4.78, 5) is 13.9. The lowest BCUT2D eigenvalue weighted by atomic mass is 9.91. The summed E-state index contributed by atoms with van der Waals surface area (Å²) < 4.78 is 5.67. The van der Waals surface area contributed by atoms with Crippen molar-refractivity contribution in [3.05, 3.63) is 63.6 Å². The molecule has 0 spiro atoms. The number of likely N-dealkylation sites (tertiary alicyclic amines) is 1. The second-order valence-corrected chi connectivity index (χ2v) is 8.00. The molecular formula is C21H24Cl2N2O3. The van der Waals surface area contributed by atoms with Crippen LogP contribution >= 0.6 is 23.2 Å². The van der Waals surface area contributed by atoms with E-state index >= 15 is 0 Å². The Hall–Kier alpha value is -1.79. The van der Waals surface area contributed by atoms with Gasteiger partial charge in [0.1, 0.15) is 12.4 Å². The smallest absolute Gasteiger partial charge is 0.252 e. The number of carbonyl (C=O) groups excluding carboxylic acids is 1. The van der Waals surface area contributed by atoms with Crippen molar-refractivity contribution >= 4 is 29.1 Å². The van der Waals surface area contributed by atoms with Crippen LogP contribution in [0.1, 0.15) is 28.8 Å². The van der Waals surface area contributed by atoms with Gasteiger partial charge in [-0.25, -0.2) is 0 Å². The number of aliphatic hydroxyl groups is 1. The molecule has 1 aliphatic heterocycles. The number of primary amides is 1. The fourth-order valence-corrected chi connectivity index (χ4v) is 3.77. The van der Waals surface area contributed by atoms with Gasteiger partial charge in [0.05, 0.1) is 11.7 Å². The normalized spacial score (nSPS) is 16.7. The number of piperidine rings is 1. The summed E-state index contributed by atoms with van der Waals surface area (Å²) in [6.07, 6.45) is 1.18. The minimum absolute atomic E-state index is 0.115. The van der Waals surface area contributed by atoms with E-state index in [-0.39, 0.29) is 18.1 Å². The molecule has 1 saturated heterocycles. The third kappa shape index (κ3) is 5.61. The molecule has 7 heteroatoms. The van der Waals surface area contributed by atoms with Gasteiger partial charge in [-0.2, -0.15) is 0 Å². The van der Waals surface area contributed by atoms with E-state index < -0.39 is 12.0 Å². The van der Waals surface area contributed by atoms with Gasteiger partial charge in [-0.1, -0.05) is 35.3 Å². The van der Waals surface area contributed by atoms with Gasteiger partial charge in [0.25, 0.3) is 5.91 Å². The van der Waals surface area contributed by atoms with Crippen molar-refractivity contribution in [2.24, 2.45) is 11.7 Å². The highest BCUT2D eigenvalue weighted by Gasteiger charge is 2.26. The van der Waals surface area contributed by atoms with E-state index in [4.69, 9.17) is 33.7 Å². The van der Waals surface area contributed by atoms with Crippen LogP contribution in [-0.2, 0) is 6.54 Å². The van der Waals surface area contributed by atoms with Gasteiger partial charge < -0.3 is 15.6 Å². The van der Waals surface area contributed by atoms with Crippen LogP contribution in [0.5, 0.6) is 5.75 Å². The maximum absolute atomic E-state index is 11.5. The van der Waals surface area contributed by atoms with Crippen molar-refractivity contribution in [1.29, 1.82) is 0 Å². The van der Waals surface area contributed by atoms with Crippen molar-refractivity contribution in [3.63, 3.8) is 0 Å². The Balaban J connectivity index is 1.48. The maximum Gasteiger partial charge on any atom is 0.252 e. The number of carbonyl (C=O) groups is 1. The minimum atomic E-state index is -0.609. The van der Waals surface area contributed by atoms with Crippen molar-refractivity contribution in [2.45, 2.75) is 25.5 Å². The van der Waals surface area contributed by atoms with Gasteiger partial charge in [-0.05, 0) is 67.7 Å². The third-order valence-electron chi connectivity index (χ3n) is 5.11. The van der Waals surface area contributed by atoms with Crippen LogP contribution in [0, 0.1) is 5.92 Å². The summed E-state index contributed by atoms with van der Waals surface area (Å²) in [5.74, 6) is -0.107. The second-order valence-electron chi connectivity index (χ2n) is 7.12.